The third-order valence-corrected chi connectivity index (χ3v) is 3.60. The predicted octanol–water partition coefficient (Wildman–Crippen LogP) is 1.96. The Balaban J connectivity index is 1.90. The van der Waals surface area contributed by atoms with Crippen molar-refractivity contribution in [3.05, 3.63) is 30.1 Å². The lowest BCUT2D eigenvalue weighted by atomic mass is 10.2. The van der Waals surface area contributed by atoms with Gasteiger partial charge >= 0.3 is 0 Å². The van der Waals surface area contributed by atoms with Gasteiger partial charge in [-0.1, -0.05) is 13.0 Å². The molecule has 1 aromatic heterocycles. The van der Waals surface area contributed by atoms with E-state index in [0.29, 0.717) is 25.2 Å². The second-order valence-electron chi connectivity index (χ2n) is 5.30. The highest BCUT2D eigenvalue weighted by Gasteiger charge is 2.32. The Morgan fingerprint density at radius 1 is 1.58 bits per heavy atom. The summed E-state index contributed by atoms with van der Waals surface area (Å²) in [4.78, 5) is 18.4. The molecule has 0 saturated heterocycles. The molecule has 4 nitrogen and oxygen atoms in total. The van der Waals surface area contributed by atoms with E-state index < -0.39 is 0 Å². The van der Waals surface area contributed by atoms with Gasteiger partial charge in [0.15, 0.2) is 0 Å². The zero-order valence-electron chi connectivity index (χ0n) is 11.8. The third-order valence-electron chi connectivity index (χ3n) is 3.60. The molecular formula is C15H23N3O. The number of aromatic nitrogens is 1. The monoisotopic (exact) mass is 261 g/mol. The molecular weight excluding hydrogens is 238 g/mol. The zero-order chi connectivity index (χ0) is 13.7. The SMILES string of the molecule is CCC(C)NCC(=O)N(Cc1cccnc1)C1CC1. The molecule has 1 atom stereocenters. The first-order chi connectivity index (χ1) is 9.20. The van der Waals surface area contributed by atoms with Gasteiger partial charge < -0.3 is 10.2 Å². The van der Waals surface area contributed by atoms with E-state index in [1.165, 1.54) is 0 Å². The summed E-state index contributed by atoms with van der Waals surface area (Å²) in [5.74, 6) is 0.201. The quantitative estimate of drug-likeness (QED) is 0.816. The van der Waals surface area contributed by atoms with Crippen LogP contribution in [0, 0.1) is 0 Å². The molecule has 1 amide bonds. The number of carbonyl (C=O) groups excluding carboxylic acids is 1. The summed E-state index contributed by atoms with van der Waals surface area (Å²) in [6.07, 6.45) is 6.91. The number of amides is 1. The number of nitrogens with zero attached hydrogens (tertiary/aromatic N) is 2. The van der Waals surface area contributed by atoms with E-state index in [4.69, 9.17) is 0 Å². The van der Waals surface area contributed by atoms with Crippen LogP contribution in [0.3, 0.4) is 0 Å². The number of carbonyl (C=O) groups is 1. The van der Waals surface area contributed by atoms with Crippen LogP contribution in [0.4, 0.5) is 0 Å². The van der Waals surface area contributed by atoms with E-state index >= 15 is 0 Å². The first-order valence-electron chi connectivity index (χ1n) is 7.12. The van der Waals surface area contributed by atoms with Crippen molar-refractivity contribution in [1.29, 1.82) is 0 Å². The van der Waals surface area contributed by atoms with Gasteiger partial charge in [-0.05, 0) is 37.8 Å². The summed E-state index contributed by atoms with van der Waals surface area (Å²) >= 11 is 0. The Kier molecular flexibility index (Phi) is 4.91. The van der Waals surface area contributed by atoms with Gasteiger partial charge in [-0.2, -0.15) is 0 Å². The molecule has 0 aliphatic heterocycles. The molecule has 1 heterocycles. The maximum absolute atomic E-state index is 12.3. The smallest absolute Gasteiger partial charge is 0.237 e. The van der Waals surface area contributed by atoms with Crippen LogP contribution in [0.2, 0.25) is 0 Å². The summed E-state index contributed by atoms with van der Waals surface area (Å²) in [7, 11) is 0. The summed E-state index contributed by atoms with van der Waals surface area (Å²) in [6, 6.07) is 4.77. The average molecular weight is 261 g/mol. The second-order valence-corrected chi connectivity index (χ2v) is 5.30. The number of pyridine rings is 1. The molecule has 1 fully saturated rings. The number of hydrogen-bond acceptors (Lipinski definition) is 3. The largest absolute Gasteiger partial charge is 0.334 e. The van der Waals surface area contributed by atoms with Crippen LogP contribution in [0.1, 0.15) is 38.7 Å². The molecule has 2 rings (SSSR count). The van der Waals surface area contributed by atoms with Crippen LogP contribution in [-0.2, 0) is 11.3 Å². The molecule has 19 heavy (non-hydrogen) atoms. The molecule has 0 radical (unpaired) electrons. The fourth-order valence-electron chi connectivity index (χ4n) is 2.00. The lowest BCUT2D eigenvalue weighted by molar-refractivity contribution is -0.131. The molecule has 104 valence electrons. The van der Waals surface area contributed by atoms with Gasteiger partial charge in [0.05, 0.1) is 6.54 Å². The van der Waals surface area contributed by atoms with E-state index in [0.717, 1.165) is 24.8 Å². The maximum atomic E-state index is 12.3. The minimum atomic E-state index is 0.201. The van der Waals surface area contributed by atoms with Gasteiger partial charge in [0.25, 0.3) is 0 Å². The van der Waals surface area contributed by atoms with Crippen molar-refractivity contribution >= 4 is 5.91 Å². The summed E-state index contributed by atoms with van der Waals surface area (Å²) < 4.78 is 0. The van der Waals surface area contributed by atoms with Crippen LogP contribution in [-0.4, -0.2) is 34.4 Å². The maximum Gasteiger partial charge on any atom is 0.237 e. The van der Waals surface area contributed by atoms with Gasteiger partial charge in [-0.3, -0.25) is 9.78 Å². The van der Waals surface area contributed by atoms with Crippen molar-refractivity contribution in [2.75, 3.05) is 6.54 Å². The highest BCUT2D eigenvalue weighted by Crippen LogP contribution is 2.28. The van der Waals surface area contributed by atoms with Gasteiger partial charge in [0.2, 0.25) is 5.91 Å². The van der Waals surface area contributed by atoms with E-state index in [1.807, 2.05) is 23.2 Å². The fourth-order valence-corrected chi connectivity index (χ4v) is 2.00. The first-order valence-corrected chi connectivity index (χ1v) is 7.12. The van der Waals surface area contributed by atoms with Crippen molar-refractivity contribution in [3.63, 3.8) is 0 Å². The lowest BCUT2D eigenvalue weighted by Gasteiger charge is -2.23. The highest BCUT2D eigenvalue weighted by molar-refractivity contribution is 5.79. The molecule has 4 heteroatoms. The summed E-state index contributed by atoms with van der Waals surface area (Å²) in [5, 5.41) is 3.27. The average Bonchev–Trinajstić information content (AvgIpc) is 3.27. The molecule has 0 spiro atoms. The molecule has 1 aliphatic rings. The number of hydrogen-bond donors (Lipinski definition) is 1. The predicted molar refractivity (Wildman–Crippen MR) is 75.6 cm³/mol. The van der Waals surface area contributed by atoms with E-state index in [-0.39, 0.29) is 5.91 Å². The minimum Gasteiger partial charge on any atom is -0.334 e. The Hall–Kier alpha value is -1.42. The van der Waals surface area contributed by atoms with Gasteiger partial charge in [-0.25, -0.2) is 0 Å². The highest BCUT2D eigenvalue weighted by atomic mass is 16.2. The molecule has 0 bridgehead atoms. The fraction of sp³-hybridized carbons (Fsp3) is 0.600. The van der Waals surface area contributed by atoms with E-state index in [1.54, 1.807) is 6.20 Å². The van der Waals surface area contributed by atoms with Crippen molar-refractivity contribution in [2.45, 2.75) is 51.7 Å². The molecule has 1 aliphatic carbocycles. The van der Waals surface area contributed by atoms with Crippen molar-refractivity contribution in [3.8, 4) is 0 Å². The molecule has 1 aromatic rings. The Morgan fingerprint density at radius 2 is 2.37 bits per heavy atom. The molecule has 1 unspecified atom stereocenters. The lowest BCUT2D eigenvalue weighted by Crippen LogP contribution is -2.41. The normalized spacial score (nSPS) is 16.1. The van der Waals surface area contributed by atoms with Gasteiger partial charge in [0.1, 0.15) is 0 Å². The topological polar surface area (TPSA) is 45.2 Å². The molecule has 1 saturated carbocycles. The van der Waals surface area contributed by atoms with Gasteiger partial charge in [-0.15, -0.1) is 0 Å². The van der Waals surface area contributed by atoms with Crippen LogP contribution in [0.5, 0.6) is 0 Å². The minimum absolute atomic E-state index is 0.201. The van der Waals surface area contributed by atoms with Crippen LogP contribution in [0.25, 0.3) is 0 Å². The third kappa shape index (κ3) is 4.31. The molecule has 0 aromatic carbocycles. The molecule has 1 N–H and O–H groups in total. The summed E-state index contributed by atoms with van der Waals surface area (Å²) in [5.41, 5.74) is 1.10. The number of nitrogens with one attached hydrogen (secondary N) is 1. The van der Waals surface area contributed by atoms with Gasteiger partial charge in [0, 0.05) is 31.0 Å². The Morgan fingerprint density at radius 3 is 2.95 bits per heavy atom. The summed E-state index contributed by atoms with van der Waals surface area (Å²) in [6.45, 7) is 5.34. The Labute approximate surface area is 115 Å². The Bertz CT molecular complexity index is 403. The van der Waals surface area contributed by atoms with E-state index in [2.05, 4.69) is 24.1 Å². The van der Waals surface area contributed by atoms with E-state index in [9.17, 15) is 4.79 Å². The van der Waals surface area contributed by atoms with Crippen LogP contribution < -0.4 is 5.32 Å². The van der Waals surface area contributed by atoms with Crippen molar-refractivity contribution in [2.24, 2.45) is 0 Å². The van der Waals surface area contributed by atoms with Crippen LogP contribution >= 0.6 is 0 Å². The van der Waals surface area contributed by atoms with Crippen molar-refractivity contribution < 1.29 is 4.79 Å². The standard InChI is InChI=1S/C15H23N3O/c1-3-12(2)17-10-15(19)18(14-6-7-14)11-13-5-4-8-16-9-13/h4-5,8-9,12,14,17H,3,6-7,10-11H2,1-2H3. The zero-order valence-corrected chi connectivity index (χ0v) is 11.8. The second kappa shape index (κ2) is 6.66. The van der Waals surface area contributed by atoms with Crippen molar-refractivity contribution in [1.82, 2.24) is 15.2 Å². The first kappa shape index (κ1) is 14.0. The van der Waals surface area contributed by atoms with Crippen LogP contribution in [0.15, 0.2) is 24.5 Å². The number of rotatable bonds is 7.